The van der Waals surface area contributed by atoms with Crippen LogP contribution in [0, 0.1) is 10.1 Å². The molecule has 5 nitrogen and oxygen atoms in total. The third-order valence-electron chi connectivity index (χ3n) is 3.15. The third kappa shape index (κ3) is 2.53. The Morgan fingerprint density at radius 1 is 1.44 bits per heavy atom. The maximum atomic E-state index is 11.1. The quantitative estimate of drug-likeness (QED) is 0.489. The summed E-state index contributed by atoms with van der Waals surface area (Å²) < 4.78 is 0.776. The zero-order valence-corrected chi connectivity index (χ0v) is 11.3. The molecule has 1 saturated heterocycles. The number of aldehydes is 1. The number of halogens is 1. The number of piperidine rings is 1. The van der Waals surface area contributed by atoms with Crippen molar-refractivity contribution in [3.8, 4) is 0 Å². The summed E-state index contributed by atoms with van der Waals surface area (Å²) in [6.45, 7) is 0.681. The fourth-order valence-corrected chi connectivity index (χ4v) is 2.63. The zero-order valence-electron chi connectivity index (χ0n) is 9.71. The van der Waals surface area contributed by atoms with Gasteiger partial charge in [0.1, 0.15) is 12.0 Å². The van der Waals surface area contributed by atoms with Gasteiger partial charge in [-0.3, -0.25) is 10.1 Å². The minimum absolute atomic E-state index is 0.0481. The Bertz CT molecular complexity index is 478. The predicted octanol–water partition coefficient (Wildman–Crippen LogP) is 2.92. The molecule has 1 aliphatic rings. The van der Waals surface area contributed by atoms with Crippen molar-refractivity contribution < 1.29 is 9.72 Å². The molecule has 1 fully saturated rings. The van der Waals surface area contributed by atoms with Crippen LogP contribution in [0.25, 0.3) is 0 Å². The van der Waals surface area contributed by atoms with Crippen LogP contribution >= 0.6 is 15.9 Å². The van der Waals surface area contributed by atoms with Gasteiger partial charge in [0, 0.05) is 17.1 Å². The molecule has 0 spiro atoms. The standard InChI is InChI=1S/C12H13BrN2O3/c13-9-4-5-11(15(17)18)12(7-9)14-6-2-1-3-10(14)8-16/h4-5,7-8,10H,1-3,6H2. The minimum atomic E-state index is -0.405. The summed E-state index contributed by atoms with van der Waals surface area (Å²) in [5, 5.41) is 11.0. The van der Waals surface area contributed by atoms with E-state index in [9.17, 15) is 14.9 Å². The van der Waals surface area contributed by atoms with E-state index in [-0.39, 0.29) is 11.7 Å². The molecule has 1 heterocycles. The van der Waals surface area contributed by atoms with Crippen LogP contribution in [0.15, 0.2) is 22.7 Å². The highest BCUT2D eigenvalue weighted by atomic mass is 79.9. The Balaban J connectivity index is 2.44. The number of anilines is 1. The summed E-state index contributed by atoms with van der Waals surface area (Å²) in [6.07, 6.45) is 3.58. The highest BCUT2D eigenvalue weighted by Gasteiger charge is 2.27. The Kier molecular flexibility index (Phi) is 3.96. The maximum Gasteiger partial charge on any atom is 0.292 e. The van der Waals surface area contributed by atoms with Crippen LogP contribution in [-0.4, -0.2) is 23.8 Å². The Labute approximate surface area is 113 Å². The van der Waals surface area contributed by atoms with Crippen molar-refractivity contribution in [2.75, 3.05) is 11.4 Å². The lowest BCUT2D eigenvalue weighted by atomic mass is 10.0. The Morgan fingerprint density at radius 3 is 2.89 bits per heavy atom. The van der Waals surface area contributed by atoms with Crippen LogP contribution in [0.5, 0.6) is 0 Å². The molecule has 1 atom stereocenters. The third-order valence-corrected chi connectivity index (χ3v) is 3.64. The maximum absolute atomic E-state index is 11.1. The highest BCUT2D eigenvalue weighted by Crippen LogP contribution is 2.34. The number of rotatable bonds is 3. The van der Waals surface area contributed by atoms with Crippen molar-refractivity contribution in [2.45, 2.75) is 25.3 Å². The summed E-state index contributed by atoms with van der Waals surface area (Å²) in [7, 11) is 0. The lowest BCUT2D eigenvalue weighted by Crippen LogP contribution is -2.40. The van der Waals surface area contributed by atoms with Gasteiger partial charge in [-0.05, 0) is 31.4 Å². The average molecular weight is 313 g/mol. The summed E-state index contributed by atoms with van der Waals surface area (Å²) >= 11 is 3.32. The second-order valence-electron chi connectivity index (χ2n) is 4.28. The van der Waals surface area contributed by atoms with E-state index in [1.807, 2.05) is 4.90 Å². The molecule has 0 saturated carbocycles. The molecular formula is C12H13BrN2O3. The number of nitrogens with zero attached hydrogens (tertiary/aromatic N) is 2. The van der Waals surface area contributed by atoms with Gasteiger partial charge in [0.2, 0.25) is 0 Å². The molecule has 0 bridgehead atoms. The van der Waals surface area contributed by atoms with Crippen molar-refractivity contribution >= 4 is 33.6 Å². The van der Waals surface area contributed by atoms with Crippen LogP contribution < -0.4 is 4.90 Å². The van der Waals surface area contributed by atoms with Crippen molar-refractivity contribution in [3.63, 3.8) is 0 Å². The van der Waals surface area contributed by atoms with E-state index in [1.165, 1.54) is 6.07 Å². The first-order chi connectivity index (χ1) is 8.63. The minimum Gasteiger partial charge on any atom is -0.356 e. The summed E-state index contributed by atoms with van der Waals surface area (Å²) in [6, 6.07) is 4.56. The zero-order chi connectivity index (χ0) is 13.1. The highest BCUT2D eigenvalue weighted by molar-refractivity contribution is 9.10. The van der Waals surface area contributed by atoms with Gasteiger partial charge in [0.15, 0.2) is 0 Å². The smallest absolute Gasteiger partial charge is 0.292 e. The SMILES string of the molecule is O=CC1CCCCN1c1cc(Br)ccc1[N+](=O)[O-]. The molecular weight excluding hydrogens is 300 g/mol. The molecule has 1 aromatic carbocycles. The molecule has 1 aromatic rings. The number of carbonyl (C=O) groups is 1. The van der Waals surface area contributed by atoms with E-state index in [0.717, 1.165) is 30.0 Å². The van der Waals surface area contributed by atoms with Crippen molar-refractivity contribution in [1.29, 1.82) is 0 Å². The molecule has 18 heavy (non-hydrogen) atoms. The second-order valence-corrected chi connectivity index (χ2v) is 5.20. The number of nitro groups is 1. The lowest BCUT2D eigenvalue weighted by molar-refractivity contribution is -0.384. The second kappa shape index (κ2) is 5.48. The fraction of sp³-hybridized carbons (Fsp3) is 0.417. The van der Waals surface area contributed by atoms with Crippen LogP contribution in [0.2, 0.25) is 0 Å². The topological polar surface area (TPSA) is 63.5 Å². The molecule has 1 aliphatic heterocycles. The molecule has 0 aliphatic carbocycles. The molecule has 1 unspecified atom stereocenters. The van der Waals surface area contributed by atoms with E-state index >= 15 is 0 Å². The van der Waals surface area contributed by atoms with Crippen LogP contribution in [0.1, 0.15) is 19.3 Å². The largest absolute Gasteiger partial charge is 0.356 e. The van der Waals surface area contributed by atoms with Gasteiger partial charge in [0.05, 0.1) is 11.0 Å². The number of nitro benzene ring substituents is 1. The van der Waals surface area contributed by atoms with Crippen molar-refractivity contribution in [2.24, 2.45) is 0 Å². The predicted molar refractivity (Wildman–Crippen MR) is 71.8 cm³/mol. The van der Waals surface area contributed by atoms with E-state index in [1.54, 1.807) is 12.1 Å². The van der Waals surface area contributed by atoms with Crippen LogP contribution in [-0.2, 0) is 4.79 Å². The normalized spacial score (nSPS) is 19.6. The van der Waals surface area contributed by atoms with E-state index in [4.69, 9.17) is 0 Å². The molecule has 96 valence electrons. The first-order valence-corrected chi connectivity index (χ1v) is 6.58. The molecule has 2 rings (SSSR count). The van der Waals surface area contributed by atoms with Crippen LogP contribution in [0.3, 0.4) is 0 Å². The molecule has 0 N–H and O–H groups in total. The van der Waals surface area contributed by atoms with E-state index < -0.39 is 4.92 Å². The van der Waals surface area contributed by atoms with Gasteiger partial charge in [-0.1, -0.05) is 15.9 Å². The van der Waals surface area contributed by atoms with Crippen molar-refractivity contribution in [1.82, 2.24) is 0 Å². The fourth-order valence-electron chi connectivity index (χ4n) is 2.28. The molecule has 0 aromatic heterocycles. The van der Waals surface area contributed by atoms with E-state index in [0.29, 0.717) is 12.2 Å². The van der Waals surface area contributed by atoms with Gasteiger partial charge in [-0.15, -0.1) is 0 Å². The van der Waals surface area contributed by atoms with Gasteiger partial charge < -0.3 is 9.69 Å². The summed E-state index contributed by atoms with van der Waals surface area (Å²) in [5.74, 6) is 0. The first-order valence-electron chi connectivity index (χ1n) is 5.79. The summed E-state index contributed by atoms with van der Waals surface area (Å²) in [4.78, 5) is 23.6. The first kappa shape index (κ1) is 13.0. The number of carbonyl (C=O) groups excluding carboxylic acids is 1. The van der Waals surface area contributed by atoms with Gasteiger partial charge in [0.25, 0.3) is 5.69 Å². The number of benzene rings is 1. The summed E-state index contributed by atoms with van der Waals surface area (Å²) in [5.41, 5.74) is 0.568. The molecule has 0 amide bonds. The molecule has 6 heteroatoms. The lowest BCUT2D eigenvalue weighted by Gasteiger charge is -2.33. The Hall–Kier alpha value is -1.43. The number of hydrogen-bond donors (Lipinski definition) is 0. The Morgan fingerprint density at radius 2 is 2.22 bits per heavy atom. The van der Waals surface area contributed by atoms with E-state index in [2.05, 4.69) is 15.9 Å². The molecule has 0 radical (unpaired) electrons. The van der Waals surface area contributed by atoms with Gasteiger partial charge in [-0.25, -0.2) is 0 Å². The van der Waals surface area contributed by atoms with Gasteiger partial charge >= 0.3 is 0 Å². The van der Waals surface area contributed by atoms with Gasteiger partial charge in [-0.2, -0.15) is 0 Å². The monoisotopic (exact) mass is 312 g/mol. The average Bonchev–Trinajstić information content (AvgIpc) is 2.38. The number of hydrogen-bond acceptors (Lipinski definition) is 4. The van der Waals surface area contributed by atoms with Crippen molar-refractivity contribution in [3.05, 3.63) is 32.8 Å². The van der Waals surface area contributed by atoms with Crippen LogP contribution in [0.4, 0.5) is 11.4 Å².